The summed E-state index contributed by atoms with van der Waals surface area (Å²) in [7, 11) is 0. The van der Waals surface area contributed by atoms with Crippen LogP contribution in [0.4, 0.5) is 4.79 Å². The Bertz CT molecular complexity index is 328. The van der Waals surface area contributed by atoms with Crippen LogP contribution in [0.5, 0.6) is 0 Å². The standard InChI is InChI=1S/C17H34N2O3/c1-5-14(9-11-20)12-18-13-15-8-6-7-10-19(15)16(21)22-17(2,3)4/h14-15,18,20H,5-13H2,1-4H3. The maximum absolute atomic E-state index is 12.3. The normalized spacial score (nSPS) is 20.8. The van der Waals surface area contributed by atoms with Gasteiger partial charge in [0.1, 0.15) is 5.60 Å². The first kappa shape index (κ1) is 19.2. The van der Waals surface area contributed by atoms with Crippen molar-refractivity contribution >= 4 is 6.09 Å². The predicted molar refractivity (Wildman–Crippen MR) is 88.9 cm³/mol. The summed E-state index contributed by atoms with van der Waals surface area (Å²) in [6, 6.07) is 0.218. The van der Waals surface area contributed by atoms with Gasteiger partial charge >= 0.3 is 6.09 Å². The van der Waals surface area contributed by atoms with E-state index in [0.29, 0.717) is 5.92 Å². The Morgan fingerprint density at radius 1 is 1.41 bits per heavy atom. The van der Waals surface area contributed by atoms with Gasteiger partial charge in [0.15, 0.2) is 0 Å². The zero-order chi connectivity index (χ0) is 16.6. The largest absolute Gasteiger partial charge is 0.444 e. The van der Waals surface area contributed by atoms with Crippen LogP contribution in [0.15, 0.2) is 0 Å². The van der Waals surface area contributed by atoms with E-state index in [9.17, 15) is 4.79 Å². The second-order valence-corrected chi connectivity index (χ2v) is 7.27. The van der Waals surface area contributed by atoms with Crippen molar-refractivity contribution in [1.82, 2.24) is 10.2 Å². The number of likely N-dealkylation sites (tertiary alicyclic amines) is 1. The molecule has 5 heteroatoms. The minimum atomic E-state index is -0.444. The Morgan fingerprint density at radius 2 is 2.14 bits per heavy atom. The smallest absolute Gasteiger partial charge is 0.410 e. The van der Waals surface area contributed by atoms with Crippen LogP contribution in [0.3, 0.4) is 0 Å². The Labute approximate surface area is 135 Å². The van der Waals surface area contributed by atoms with E-state index in [1.165, 1.54) is 6.42 Å². The minimum Gasteiger partial charge on any atom is -0.444 e. The fourth-order valence-corrected chi connectivity index (χ4v) is 2.86. The van der Waals surface area contributed by atoms with Gasteiger partial charge < -0.3 is 20.1 Å². The summed E-state index contributed by atoms with van der Waals surface area (Å²) in [6.07, 6.45) is 4.96. The van der Waals surface area contributed by atoms with E-state index in [1.54, 1.807) is 0 Å². The molecule has 1 heterocycles. The fourth-order valence-electron chi connectivity index (χ4n) is 2.86. The molecule has 0 bridgehead atoms. The van der Waals surface area contributed by atoms with Gasteiger partial charge in [0.2, 0.25) is 0 Å². The number of ether oxygens (including phenoxy) is 1. The summed E-state index contributed by atoms with van der Waals surface area (Å²) in [4.78, 5) is 14.2. The summed E-state index contributed by atoms with van der Waals surface area (Å²) in [5.41, 5.74) is -0.444. The Morgan fingerprint density at radius 3 is 2.73 bits per heavy atom. The molecule has 0 aromatic rings. The molecule has 22 heavy (non-hydrogen) atoms. The molecule has 5 nitrogen and oxygen atoms in total. The number of rotatable bonds is 7. The lowest BCUT2D eigenvalue weighted by molar-refractivity contribution is 0.00987. The number of hydrogen-bond acceptors (Lipinski definition) is 4. The van der Waals surface area contributed by atoms with E-state index in [-0.39, 0.29) is 18.7 Å². The van der Waals surface area contributed by atoms with Crippen molar-refractivity contribution in [2.45, 2.75) is 71.4 Å². The van der Waals surface area contributed by atoms with Crippen LogP contribution in [-0.4, -0.2) is 54.0 Å². The highest BCUT2D eigenvalue weighted by Crippen LogP contribution is 2.20. The third kappa shape index (κ3) is 6.97. The summed E-state index contributed by atoms with van der Waals surface area (Å²) in [6.45, 7) is 10.6. The average molecular weight is 314 g/mol. The van der Waals surface area contributed by atoms with Gasteiger partial charge in [0.05, 0.1) is 0 Å². The number of carbonyl (C=O) groups excluding carboxylic acids is 1. The first-order valence-corrected chi connectivity index (χ1v) is 8.68. The number of aliphatic hydroxyl groups excluding tert-OH is 1. The average Bonchev–Trinajstić information content (AvgIpc) is 2.45. The van der Waals surface area contributed by atoms with Crippen molar-refractivity contribution in [3.8, 4) is 0 Å². The summed E-state index contributed by atoms with van der Waals surface area (Å²) < 4.78 is 5.52. The van der Waals surface area contributed by atoms with E-state index in [4.69, 9.17) is 9.84 Å². The first-order chi connectivity index (χ1) is 10.4. The van der Waals surface area contributed by atoms with Gasteiger partial charge in [-0.3, -0.25) is 0 Å². The van der Waals surface area contributed by atoms with Gasteiger partial charge in [-0.15, -0.1) is 0 Å². The molecule has 1 aliphatic rings. The molecule has 0 radical (unpaired) electrons. The molecule has 2 unspecified atom stereocenters. The molecule has 0 aromatic heterocycles. The third-order valence-electron chi connectivity index (χ3n) is 4.18. The SMILES string of the molecule is CCC(CCO)CNCC1CCCCN1C(=O)OC(C)(C)C. The Kier molecular flexibility index (Phi) is 8.18. The van der Waals surface area contributed by atoms with Gasteiger partial charge in [-0.05, 0) is 58.9 Å². The van der Waals surface area contributed by atoms with E-state index >= 15 is 0 Å². The zero-order valence-corrected chi connectivity index (χ0v) is 14.7. The highest BCUT2D eigenvalue weighted by molar-refractivity contribution is 5.68. The van der Waals surface area contributed by atoms with Crippen molar-refractivity contribution in [2.75, 3.05) is 26.2 Å². The highest BCUT2D eigenvalue weighted by atomic mass is 16.6. The van der Waals surface area contributed by atoms with Crippen LogP contribution < -0.4 is 5.32 Å². The minimum absolute atomic E-state index is 0.193. The van der Waals surface area contributed by atoms with Crippen LogP contribution in [0.2, 0.25) is 0 Å². The molecule has 130 valence electrons. The van der Waals surface area contributed by atoms with Gasteiger partial charge in [-0.2, -0.15) is 0 Å². The maximum Gasteiger partial charge on any atom is 0.410 e. The van der Waals surface area contributed by atoms with Crippen molar-refractivity contribution in [2.24, 2.45) is 5.92 Å². The van der Waals surface area contributed by atoms with E-state index in [1.807, 2.05) is 25.7 Å². The summed E-state index contributed by atoms with van der Waals surface area (Å²) >= 11 is 0. The number of carbonyl (C=O) groups is 1. The predicted octanol–water partition coefficient (Wildman–Crippen LogP) is 2.77. The monoisotopic (exact) mass is 314 g/mol. The topological polar surface area (TPSA) is 61.8 Å². The molecular formula is C17H34N2O3. The molecule has 0 saturated carbocycles. The lowest BCUT2D eigenvalue weighted by Gasteiger charge is -2.37. The second-order valence-electron chi connectivity index (χ2n) is 7.27. The van der Waals surface area contributed by atoms with Gasteiger partial charge in [-0.1, -0.05) is 13.3 Å². The number of nitrogens with zero attached hydrogens (tertiary/aromatic N) is 1. The van der Waals surface area contributed by atoms with Gasteiger partial charge in [0, 0.05) is 25.7 Å². The second kappa shape index (κ2) is 9.36. The van der Waals surface area contributed by atoms with Crippen LogP contribution in [0, 0.1) is 5.92 Å². The summed E-state index contributed by atoms with van der Waals surface area (Å²) in [5.74, 6) is 0.503. The zero-order valence-electron chi connectivity index (χ0n) is 14.7. The molecule has 1 aliphatic heterocycles. The number of aliphatic hydroxyl groups is 1. The number of hydrogen-bond donors (Lipinski definition) is 2. The van der Waals surface area contributed by atoms with Crippen molar-refractivity contribution < 1.29 is 14.6 Å². The molecule has 1 saturated heterocycles. The molecule has 1 rings (SSSR count). The summed E-state index contributed by atoms with van der Waals surface area (Å²) in [5, 5.41) is 12.5. The lowest BCUT2D eigenvalue weighted by Crippen LogP contribution is -2.50. The first-order valence-electron chi connectivity index (χ1n) is 8.68. The highest BCUT2D eigenvalue weighted by Gasteiger charge is 2.30. The molecule has 0 aromatic carbocycles. The molecule has 0 aliphatic carbocycles. The lowest BCUT2D eigenvalue weighted by atomic mass is 10.0. The molecular weight excluding hydrogens is 280 g/mol. The number of nitrogens with one attached hydrogen (secondary N) is 1. The molecule has 0 spiro atoms. The van der Waals surface area contributed by atoms with Crippen LogP contribution >= 0.6 is 0 Å². The van der Waals surface area contributed by atoms with E-state index in [0.717, 1.165) is 45.3 Å². The van der Waals surface area contributed by atoms with E-state index in [2.05, 4.69) is 12.2 Å². The van der Waals surface area contributed by atoms with Crippen molar-refractivity contribution in [1.29, 1.82) is 0 Å². The number of amides is 1. The molecule has 1 fully saturated rings. The van der Waals surface area contributed by atoms with Crippen molar-refractivity contribution in [3.63, 3.8) is 0 Å². The number of piperidine rings is 1. The van der Waals surface area contributed by atoms with Gasteiger partial charge in [-0.25, -0.2) is 4.79 Å². The third-order valence-corrected chi connectivity index (χ3v) is 4.18. The van der Waals surface area contributed by atoms with Crippen molar-refractivity contribution in [3.05, 3.63) is 0 Å². The maximum atomic E-state index is 12.3. The quantitative estimate of drug-likeness (QED) is 0.758. The van der Waals surface area contributed by atoms with Gasteiger partial charge in [0.25, 0.3) is 0 Å². The van der Waals surface area contributed by atoms with Crippen LogP contribution in [0.1, 0.15) is 59.8 Å². The fraction of sp³-hybridized carbons (Fsp3) is 0.941. The van der Waals surface area contributed by atoms with Crippen LogP contribution in [-0.2, 0) is 4.74 Å². The Balaban J connectivity index is 2.46. The molecule has 2 atom stereocenters. The van der Waals surface area contributed by atoms with Crippen LogP contribution in [0.25, 0.3) is 0 Å². The molecule has 1 amide bonds. The molecule has 2 N–H and O–H groups in total. The Hall–Kier alpha value is -0.810. The van der Waals surface area contributed by atoms with E-state index < -0.39 is 5.60 Å².